The van der Waals surface area contributed by atoms with E-state index in [4.69, 9.17) is 4.74 Å². The molecule has 0 radical (unpaired) electrons. The molecule has 0 amide bonds. The Kier molecular flexibility index (Phi) is 4.98. The molecule has 0 bridgehead atoms. The number of methoxy groups -OCH3 is 1. The number of halogens is 4. The van der Waals surface area contributed by atoms with E-state index in [0.29, 0.717) is 36.6 Å². The molecule has 0 saturated carbocycles. The second kappa shape index (κ2) is 7.31. The monoisotopic (exact) mass is 499 g/mol. The Morgan fingerprint density at radius 1 is 1.00 bits per heavy atom. The van der Waals surface area contributed by atoms with E-state index in [9.17, 15) is 13.2 Å². The largest absolute Gasteiger partial charge is 0.497 e. The Hall–Kier alpha value is -2.23. The molecule has 3 aromatic rings. The predicted molar refractivity (Wildman–Crippen MR) is 109 cm³/mol. The average Bonchev–Trinajstić information content (AvgIpc) is 3.08. The number of hydrogen-bond donors (Lipinski definition) is 0. The van der Waals surface area contributed by atoms with Gasteiger partial charge in [-0.3, -0.25) is 0 Å². The highest BCUT2D eigenvalue weighted by Crippen LogP contribution is 2.37. The number of hydrogen-bond acceptors (Lipinski definition) is 3. The molecule has 8 heteroatoms. The second-order valence-corrected chi connectivity index (χ2v) is 7.78. The van der Waals surface area contributed by atoms with Gasteiger partial charge in [0.05, 0.1) is 25.0 Å². The van der Waals surface area contributed by atoms with E-state index in [0.717, 1.165) is 9.26 Å². The summed E-state index contributed by atoms with van der Waals surface area (Å²) in [4.78, 5) is 2.08. The SMILES string of the molecule is COc1ccc(-n2nc(C(F)(F)F)c3c2CN(c2ccc(I)cc2)CC3)cc1. The molecule has 0 N–H and O–H groups in total. The first-order valence-electron chi connectivity index (χ1n) is 8.70. The second-order valence-electron chi connectivity index (χ2n) is 6.53. The molecular weight excluding hydrogens is 482 g/mol. The van der Waals surface area contributed by atoms with Gasteiger partial charge in [0.15, 0.2) is 5.69 Å². The zero-order valence-electron chi connectivity index (χ0n) is 15.0. The molecule has 146 valence electrons. The molecule has 0 fully saturated rings. The molecule has 1 aliphatic heterocycles. The molecule has 2 heterocycles. The first kappa shape index (κ1) is 19.1. The predicted octanol–water partition coefficient (Wildman–Crippen LogP) is 5.07. The summed E-state index contributed by atoms with van der Waals surface area (Å²) in [5.41, 5.74) is 1.63. The highest BCUT2D eigenvalue weighted by atomic mass is 127. The van der Waals surface area contributed by atoms with Crippen molar-refractivity contribution in [1.29, 1.82) is 0 Å². The molecular formula is C20H17F3IN3O. The third-order valence-electron chi connectivity index (χ3n) is 4.84. The van der Waals surface area contributed by atoms with Gasteiger partial charge in [-0.25, -0.2) is 4.68 Å². The third-order valence-corrected chi connectivity index (χ3v) is 5.56. The van der Waals surface area contributed by atoms with Crippen molar-refractivity contribution in [3.8, 4) is 11.4 Å². The summed E-state index contributed by atoms with van der Waals surface area (Å²) in [5.74, 6) is 0.640. The van der Waals surface area contributed by atoms with Crippen molar-refractivity contribution in [3.05, 3.63) is 69.1 Å². The van der Waals surface area contributed by atoms with Crippen molar-refractivity contribution < 1.29 is 17.9 Å². The van der Waals surface area contributed by atoms with Crippen molar-refractivity contribution >= 4 is 28.3 Å². The van der Waals surface area contributed by atoms with Crippen LogP contribution in [0.1, 0.15) is 17.0 Å². The smallest absolute Gasteiger partial charge is 0.435 e. The van der Waals surface area contributed by atoms with Crippen molar-refractivity contribution in [2.75, 3.05) is 18.6 Å². The van der Waals surface area contributed by atoms with Crippen LogP contribution in [-0.4, -0.2) is 23.4 Å². The zero-order chi connectivity index (χ0) is 19.9. The Bertz CT molecular complexity index is 982. The van der Waals surface area contributed by atoms with Crippen LogP contribution < -0.4 is 9.64 Å². The summed E-state index contributed by atoms with van der Waals surface area (Å²) in [7, 11) is 1.55. The first-order valence-corrected chi connectivity index (χ1v) is 9.77. The van der Waals surface area contributed by atoms with Gasteiger partial charge in [0.25, 0.3) is 0 Å². The summed E-state index contributed by atoms with van der Waals surface area (Å²) in [5, 5.41) is 3.95. The lowest BCUT2D eigenvalue weighted by molar-refractivity contribution is -0.142. The lowest BCUT2D eigenvalue weighted by Crippen LogP contribution is -2.31. The highest BCUT2D eigenvalue weighted by Gasteiger charge is 2.40. The molecule has 28 heavy (non-hydrogen) atoms. The molecule has 4 nitrogen and oxygen atoms in total. The van der Waals surface area contributed by atoms with Gasteiger partial charge in [0.2, 0.25) is 0 Å². The van der Waals surface area contributed by atoms with E-state index in [1.165, 1.54) is 4.68 Å². The number of fused-ring (bicyclic) bond motifs is 1. The van der Waals surface area contributed by atoms with E-state index >= 15 is 0 Å². The normalized spacial score (nSPS) is 14.1. The lowest BCUT2D eigenvalue weighted by atomic mass is 10.0. The minimum absolute atomic E-state index is 0.282. The molecule has 1 aliphatic rings. The highest BCUT2D eigenvalue weighted by molar-refractivity contribution is 14.1. The zero-order valence-corrected chi connectivity index (χ0v) is 17.2. The maximum atomic E-state index is 13.6. The molecule has 0 atom stereocenters. The maximum absolute atomic E-state index is 13.6. The van der Waals surface area contributed by atoms with Gasteiger partial charge in [0, 0.05) is 21.4 Å². The van der Waals surface area contributed by atoms with Crippen LogP contribution >= 0.6 is 22.6 Å². The minimum atomic E-state index is -4.48. The molecule has 0 aliphatic carbocycles. The average molecular weight is 499 g/mol. The lowest BCUT2D eigenvalue weighted by Gasteiger charge is -2.30. The Balaban J connectivity index is 1.77. The fourth-order valence-electron chi connectivity index (χ4n) is 3.45. The van der Waals surface area contributed by atoms with E-state index < -0.39 is 11.9 Å². The summed E-state index contributed by atoms with van der Waals surface area (Å²) >= 11 is 2.23. The fourth-order valence-corrected chi connectivity index (χ4v) is 3.81. The van der Waals surface area contributed by atoms with E-state index in [-0.39, 0.29) is 5.56 Å². The van der Waals surface area contributed by atoms with Crippen LogP contribution in [0, 0.1) is 3.57 Å². The maximum Gasteiger partial charge on any atom is 0.435 e. The Morgan fingerprint density at radius 3 is 2.25 bits per heavy atom. The number of nitrogens with zero attached hydrogens (tertiary/aromatic N) is 3. The number of aromatic nitrogens is 2. The third kappa shape index (κ3) is 3.57. The van der Waals surface area contributed by atoms with Gasteiger partial charge in [-0.15, -0.1) is 0 Å². The van der Waals surface area contributed by atoms with Crippen molar-refractivity contribution in [2.24, 2.45) is 0 Å². The molecule has 0 saturated heterocycles. The number of benzene rings is 2. The summed E-state index contributed by atoms with van der Waals surface area (Å²) in [6.07, 6.45) is -4.18. The van der Waals surface area contributed by atoms with E-state index in [1.807, 2.05) is 24.3 Å². The van der Waals surface area contributed by atoms with Crippen LogP contribution in [0.4, 0.5) is 18.9 Å². The number of anilines is 1. The summed E-state index contributed by atoms with van der Waals surface area (Å²) in [6, 6.07) is 14.8. The van der Waals surface area contributed by atoms with Crippen molar-refractivity contribution in [1.82, 2.24) is 9.78 Å². The van der Waals surface area contributed by atoms with Gasteiger partial charge in [-0.1, -0.05) is 0 Å². The van der Waals surface area contributed by atoms with Crippen LogP contribution in [0.5, 0.6) is 5.75 Å². The molecule has 2 aromatic carbocycles. The number of ether oxygens (including phenoxy) is 1. The Morgan fingerprint density at radius 2 is 1.64 bits per heavy atom. The van der Waals surface area contributed by atoms with Gasteiger partial charge in [0.1, 0.15) is 5.75 Å². The van der Waals surface area contributed by atoms with Gasteiger partial charge in [-0.05, 0) is 77.5 Å². The van der Waals surface area contributed by atoms with Crippen LogP contribution in [-0.2, 0) is 19.1 Å². The molecule has 1 aromatic heterocycles. The molecule has 0 spiro atoms. The topological polar surface area (TPSA) is 30.3 Å². The molecule has 4 rings (SSSR count). The Labute approximate surface area is 174 Å². The van der Waals surface area contributed by atoms with E-state index in [2.05, 4.69) is 32.6 Å². The van der Waals surface area contributed by atoms with Crippen LogP contribution in [0.15, 0.2) is 48.5 Å². The van der Waals surface area contributed by atoms with E-state index in [1.54, 1.807) is 31.4 Å². The van der Waals surface area contributed by atoms with Crippen molar-refractivity contribution in [3.63, 3.8) is 0 Å². The van der Waals surface area contributed by atoms with Crippen LogP contribution in [0.2, 0.25) is 0 Å². The fraction of sp³-hybridized carbons (Fsp3) is 0.250. The molecule has 0 unspecified atom stereocenters. The van der Waals surface area contributed by atoms with Gasteiger partial charge < -0.3 is 9.64 Å². The van der Waals surface area contributed by atoms with Crippen molar-refractivity contribution in [2.45, 2.75) is 19.1 Å². The number of alkyl halides is 3. The van der Waals surface area contributed by atoms with Gasteiger partial charge >= 0.3 is 6.18 Å². The standard InChI is InChI=1S/C20H17F3IN3O/c1-28-16-8-6-15(7-9-16)27-18-12-26(14-4-2-13(24)3-5-14)11-10-17(18)19(25-27)20(21,22)23/h2-9H,10-12H2,1H3. The minimum Gasteiger partial charge on any atom is -0.497 e. The summed E-state index contributed by atoms with van der Waals surface area (Å²) in [6.45, 7) is 0.885. The quantitative estimate of drug-likeness (QED) is 0.472. The summed E-state index contributed by atoms with van der Waals surface area (Å²) < 4.78 is 48.4. The van der Waals surface area contributed by atoms with Crippen LogP contribution in [0.3, 0.4) is 0 Å². The first-order chi connectivity index (χ1) is 13.4. The number of rotatable bonds is 3. The van der Waals surface area contributed by atoms with Gasteiger partial charge in [-0.2, -0.15) is 18.3 Å². The van der Waals surface area contributed by atoms with Crippen LogP contribution in [0.25, 0.3) is 5.69 Å².